The molecule has 0 bridgehead atoms. The van der Waals surface area contributed by atoms with Crippen LogP contribution in [0.25, 0.3) is 0 Å². The van der Waals surface area contributed by atoms with E-state index in [2.05, 4.69) is 19.9 Å². The van der Waals surface area contributed by atoms with Gasteiger partial charge in [-0.25, -0.2) is 0 Å². The van der Waals surface area contributed by atoms with Crippen molar-refractivity contribution in [1.82, 2.24) is 4.90 Å². The molecule has 0 atom stereocenters. The minimum absolute atomic E-state index is 0.00686. The molecule has 128 valence electrons. The van der Waals surface area contributed by atoms with Gasteiger partial charge in [0.1, 0.15) is 5.75 Å². The van der Waals surface area contributed by atoms with Crippen LogP contribution in [0.3, 0.4) is 0 Å². The van der Waals surface area contributed by atoms with Gasteiger partial charge in [0.2, 0.25) is 0 Å². The highest BCUT2D eigenvalue weighted by Crippen LogP contribution is 2.25. The molecule has 0 fully saturated rings. The van der Waals surface area contributed by atoms with Crippen LogP contribution in [-0.2, 0) is 11.3 Å². The molecule has 0 aromatic heterocycles. The number of hydrogen-bond donors (Lipinski definition) is 0. The summed E-state index contributed by atoms with van der Waals surface area (Å²) in [6.45, 7) is 8.98. The molecule has 2 aromatic carbocycles. The van der Waals surface area contributed by atoms with E-state index in [-0.39, 0.29) is 18.6 Å². The standard InChI is InChI=1S/C21H27NO2/c1-16(2)19-12-8-9-13-20(19)24-15-21(23)22(17(3)4)14-18-10-6-5-7-11-18/h5-13,16-17H,14-15H2,1-4H3. The molecule has 0 aliphatic rings. The Balaban J connectivity index is 2.04. The average molecular weight is 325 g/mol. The molecule has 0 spiro atoms. The van der Waals surface area contributed by atoms with Gasteiger partial charge in [-0.1, -0.05) is 62.4 Å². The SMILES string of the molecule is CC(C)c1ccccc1OCC(=O)N(Cc1ccccc1)C(C)C. The summed E-state index contributed by atoms with van der Waals surface area (Å²) in [6, 6.07) is 18.1. The van der Waals surface area contributed by atoms with Crippen molar-refractivity contribution >= 4 is 5.91 Å². The average Bonchev–Trinajstić information content (AvgIpc) is 2.58. The van der Waals surface area contributed by atoms with Gasteiger partial charge in [-0.3, -0.25) is 4.79 Å². The first-order valence-electron chi connectivity index (χ1n) is 8.54. The van der Waals surface area contributed by atoms with Crippen molar-refractivity contribution in [2.45, 2.75) is 46.2 Å². The lowest BCUT2D eigenvalue weighted by Crippen LogP contribution is -2.39. The van der Waals surface area contributed by atoms with Crippen LogP contribution in [0.5, 0.6) is 5.75 Å². The second-order valence-electron chi connectivity index (χ2n) is 6.58. The van der Waals surface area contributed by atoms with Crippen molar-refractivity contribution in [2.75, 3.05) is 6.61 Å². The molecule has 0 heterocycles. The largest absolute Gasteiger partial charge is 0.483 e. The zero-order valence-electron chi connectivity index (χ0n) is 15.0. The Kier molecular flexibility index (Phi) is 6.42. The van der Waals surface area contributed by atoms with Gasteiger partial charge in [-0.05, 0) is 37.0 Å². The fraction of sp³-hybridized carbons (Fsp3) is 0.381. The Morgan fingerprint density at radius 2 is 1.58 bits per heavy atom. The van der Waals surface area contributed by atoms with Gasteiger partial charge in [0.15, 0.2) is 6.61 Å². The van der Waals surface area contributed by atoms with E-state index in [0.29, 0.717) is 12.5 Å². The number of carbonyl (C=O) groups is 1. The molecule has 3 nitrogen and oxygen atoms in total. The van der Waals surface area contributed by atoms with E-state index >= 15 is 0 Å². The quantitative estimate of drug-likeness (QED) is 0.743. The molecule has 2 aromatic rings. The van der Waals surface area contributed by atoms with Gasteiger partial charge in [0.25, 0.3) is 5.91 Å². The van der Waals surface area contributed by atoms with Gasteiger partial charge >= 0.3 is 0 Å². The predicted molar refractivity (Wildman–Crippen MR) is 98.2 cm³/mol. The van der Waals surface area contributed by atoms with Crippen molar-refractivity contribution < 1.29 is 9.53 Å². The van der Waals surface area contributed by atoms with Crippen LogP contribution in [0, 0.1) is 0 Å². The number of para-hydroxylation sites is 1. The predicted octanol–water partition coefficient (Wildman–Crippen LogP) is 4.63. The third kappa shape index (κ3) is 4.85. The normalized spacial score (nSPS) is 10.9. The zero-order chi connectivity index (χ0) is 17.5. The van der Waals surface area contributed by atoms with E-state index in [9.17, 15) is 4.79 Å². The molecule has 0 N–H and O–H groups in total. The van der Waals surface area contributed by atoms with E-state index in [1.54, 1.807) is 0 Å². The van der Waals surface area contributed by atoms with Crippen LogP contribution in [0.4, 0.5) is 0 Å². The monoisotopic (exact) mass is 325 g/mol. The Hall–Kier alpha value is -2.29. The maximum atomic E-state index is 12.6. The van der Waals surface area contributed by atoms with Gasteiger partial charge in [-0.2, -0.15) is 0 Å². The third-order valence-electron chi connectivity index (χ3n) is 4.03. The van der Waals surface area contributed by atoms with Crippen molar-refractivity contribution in [1.29, 1.82) is 0 Å². The highest BCUT2D eigenvalue weighted by molar-refractivity contribution is 5.78. The number of benzene rings is 2. The summed E-state index contributed by atoms with van der Waals surface area (Å²) >= 11 is 0. The van der Waals surface area contributed by atoms with Crippen LogP contribution >= 0.6 is 0 Å². The molecular formula is C21H27NO2. The van der Waals surface area contributed by atoms with E-state index in [1.807, 2.05) is 67.3 Å². The Morgan fingerprint density at radius 1 is 0.958 bits per heavy atom. The zero-order valence-corrected chi connectivity index (χ0v) is 15.0. The van der Waals surface area contributed by atoms with E-state index < -0.39 is 0 Å². The number of carbonyl (C=O) groups excluding carboxylic acids is 1. The Morgan fingerprint density at radius 3 is 2.21 bits per heavy atom. The number of hydrogen-bond acceptors (Lipinski definition) is 2. The number of amides is 1. The van der Waals surface area contributed by atoms with Crippen LogP contribution in [0.1, 0.15) is 44.7 Å². The molecule has 3 heteroatoms. The van der Waals surface area contributed by atoms with Crippen molar-refractivity contribution in [3.8, 4) is 5.75 Å². The summed E-state index contributed by atoms with van der Waals surface area (Å²) in [7, 11) is 0. The molecule has 0 aliphatic heterocycles. The molecule has 24 heavy (non-hydrogen) atoms. The first-order chi connectivity index (χ1) is 11.5. The second kappa shape index (κ2) is 8.53. The molecule has 0 radical (unpaired) electrons. The summed E-state index contributed by atoms with van der Waals surface area (Å²) < 4.78 is 5.84. The molecule has 0 saturated carbocycles. The third-order valence-corrected chi connectivity index (χ3v) is 4.03. The first-order valence-corrected chi connectivity index (χ1v) is 8.54. The summed E-state index contributed by atoms with van der Waals surface area (Å²) in [5.74, 6) is 1.17. The van der Waals surface area contributed by atoms with Gasteiger partial charge in [-0.15, -0.1) is 0 Å². The van der Waals surface area contributed by atoms with E-state index in [1.165, 1.54) is 0 Å². The fourth-order valence-electron chi connectivity index (χ4n) is 2.65. The van der Waals surface area contributed by atoms with Crippen LogP contribution in [-0.4, -0.2) is 23.5 Å². The van der Waals surface area contributed by atoms with Crippen molar-refractivity contribution in [2.24, 2.45) is 0 Å². The molecular weight excluding hydrogens is 298 g/mol. The van der Waals surface area contributed by atoms with Crippen LogP contribution in [0.15, 0.2) is 54.6 Å². The molecule has 0 saturated heterocycles. The molecule has 0 unspecified atom stereocenters. The summed E-state index contributed by atoms with van der Waals surface area (Å²) in [6.07, 6.45) is 0. The van der Waals surface area contributed by atoms with Gasteiger partial charge < -0.3 is 9.64 Å². The second-order valence-corrected chi connectivity index (χ2v) is 6.58. The van der Waals surface area contributed by atoms with E-state index in [4.69, 9.17) is 4.74 Å². The summed E-state index contributed by atoms with van der Waals surface area (Å²) in [5.41, 5.74) is 2.26. The van der Waals surface area contributed by atoms with Crippen LogP contribution < -0.4 is 4.74 Å². The van der Waals surface area contributed by atoms with E-state index in [0.717, 1.165) is 16.9 Å². The fourth-order valence-corrected chi connectivity index (χ4v) is 2.65. The molecule has 0 aliphatic carbocycles. The first kappa shape index (κ1) is 18.1. The minimum Gasteiger partial charge on any atom is -0.483 e. The maximum Gasteiger partial charge on any atom is 0.261 e. The van der Waals surface area contributed by atoms with Crippen molar-refractivity contribution in [3.05, 3.63) is 65.7 Å². The number of nitrogens with zero attached hydrogens (tertiary/aromatic N) is 1. The number of rotatable bonds is 7. The maximum absolute atomic E-state index is 12.6. The van der Waals surface area contributed by atoms with Crippen molar-refractivity contribution in [3.63, 3.8) is 0 Å². The lowest BCUT2D eigenvalue weighted by atomic mass is 10.0. The lowest BCUT2D eigenvalue weighted by molar-refractivity contribution is -0.135. The number of ether oxygens (including phenoxy) is 1. The highest BCUT2D eigenvalue weighted by Gasteiger charge is 2.18. The Labute approximate surface area is 145 Å². The minimum atomic E-state index is 0.00686. The van der Waals surface area contributed by atoms with Gasteiger partial charge in [0, 0.05) is 12.6 Å². The topological polar surface area (TPSA) is 29.5 Å². The highest BCUT2D eigenvalue weighted by atomic mass is 16.5. The summed E-state index contributed by atoms with van der Waals surface area (Å²) in [4.78, 5) is 14.5. The lowest BCUT2D eigenvalue weighted by Gasteiger charge is -2.27. The molecule has 1 amide bonds. The van der Waals surface area contributed by atoms with Gasteiger partial charge in [0.05, 0.1) is 0 Å². The van der Waals surface area contributed by atoms with Crippen LogP contribution in [0.2, 0.25) is 0 Å². The molecule has 2 rings (SSSR count). The Bertz CT molecular complexity index is 650. The smallest absolute Gasteiger partial charge is 0.261 e. The summed E-state index contributed by atoms with van der Waals surface area (Å²) in [5, 5.41) is 0.